The molecular formula is C14H21N3S. The predicted molar refractivity (Wildman–Crippen MR) is 77.8 cm³/mol. The first kappa shape index (κ1) is 13.4. The Hall–Kier alpha value is -1.08. The zero-order valence-electron chi connectivity index (χ0n) is 11.4. The van der Waals surface area contributed by atoms with Gasteiger partial charge in [0.15, 0.2) is 0 Å². The number of anilines is 1. The molecule has 1 heterocycles. The van der Waals surface area contributed by atoms with Crippen LogP contribution in [0.3, 0.4) is 0 Å². The van der Waals surface area contributed by atoms with Crippen molar-refractivity contribution in [2.45, 2.75) is 50.8 Å². The maximum absolute atomic E-state index is 9.17. The van der Waals surface area contributed by atoms with Crippen molar-refractivity contribution in [3.8, 4) is 6.07 Å². The molecule has 3 nitrogen and oxygen atoms in total. The summed E-state index contributed by atoms with van der Waals surface area (Å²) in [7, 11) is 0. The van der Waals surface area contributed by atoms with Crippen LogP contribution < -0.4 is 5.73 Å². The molecule has 1 fully saturated rings. The molecule has 0 saturated heterocycles. The van der Waals surface area contributed by atoms with Crippen LogP contribution in [0.25, 0.3) is 0 Å². The van der Waals surface area contributed by atoms with Crippen LogP contribution in [0.2, 0.25) is 0 Å². The normalized spacial score (nSPS) is 23.9. The standard InChI is InChI=1S/C14H21N3S/c1-9-10(2)17(14(16)13(9)8-15)11-4-6-12(18-3)7-5-11/h11-12H,4-7,16H2,1-3H3. The minimum Gasteiger partial charge on any atom is -0.384 e. The highest BCUT2D eigenvalue weighted by atomic mass is 32.2. The molecular weight excluding hydrogens is 242 g/mol. The van der Waals surface area contributed by atoms with Crippen LogP contribution in [-0.4, -0.2) is 16.1 Å². The Morgan fingerprint density at radius 2 is 1.89 bits per heavy atom. The molecule has 0 spiro atoms. The highest BCUT2D eigenvalue weighted by Crippen LogP contribution is 2.38. The number of nitrogens with two attached hydrogens (primary N) is 1. The Morgan fingerprint density at radius 3 is 2.33 bits per heavy atom. The van der Waals surface area contributed by atoms with Gasteiger partial charge in [-0.15, -0.1) is 0 Å². The van der Waals surface area contributed by atoms with E-state index in [4.69, 9.17) is 11.0 Å². The van der Waals surface area contributed by atoms with Crippen molar-refractivity contribution in [2.24, 2.45) is 0 Å². The van der Waals surface area contributed by atoms with Crippen LogP contribution in [-0.2, 0) is 0 Å². The summed E-state index contributed by atoms with van der Waals surface area (Å²) in [4.78, 5) is 0. The van der Waals surface area contributed by atoms with E-state index in [9.17, 15) is 0 Å². The van der Waals surface area contributed by atoms with Gasteiger partial charge in [-0.25, -0.2) is 0 Å². The summed E-state index contributed by atoms with van der Waals surface area (Å²) in [6.45, 7) is 4.07. The number of rotatable bonds is 2. The molecule has 1 aromatic rings. The lowest BCUT2D eigenvalue weighted by Crippen LogP contribution is -2.21. The molecule has 1 aliphatic rings. The van der Waals surface area contributed by atoms with Crippen LogP contribution in [0.15, 0.2) is 0 Å². The number of hydrogen-bond donors (Lipinski definition) is 1. The Bertz CT molecular complexity index is 476. The number of nitrogens with zero attached hydrogens (tertiary/aromatic N) is 2. The van der Waals surface area contributed by atoms with Crippen LogP contribution in [0, 0.1) is 25.2 Å². The zero-order chi connectivity index (χ0) is 13.3. The van der Waals surface area contributed by atoms with E-state index in [1.807, 2.05) is 18.7 Å². The summed E-state index contributed by atoms with van der Waals surface area (Å²) in [6, 6.07) is 2.71. The summed E-state index contributed by atoms with van der Waals surface area (Å²) >= 11 is 1.97. The Morgan fingerprint density at radius 1 is 1.28 bits per heavy atom. The quantitative estimate of drug-likeness (QED) is 0.889. The smallest absolute Gasteiger partial charge is 0.122 e. The van der Waals surface area contributed by atoms with Gasteiger partial charge in [0.25, 0.3) is 0 Å². The van der Waals surface area contributed by atoms with Crippen molar-refractivity contribution < 1.29 is 0 Å². The van der Waals surface area contributed by atoms with Gasteiger partial charge >= 0.3 is 0 Å². The van der Waals surface area contributed by atoms with Crippen LogP contribution in [0.5, 0.6) is 0 Å². The summed E-state index contributed by atoms with van der Waals surface area (Å²) in [5.74, 6) is 0.667. The third-order valence-electron chi connectivity index (χ3n) is 4.25. The molecule has 0 radical (unpaired) electrons. The molecule has 18 heavy (non-hydrogen) atoms. The van der Waals surface area contributed by atoms with Crippen molar-refractivity contribution >= 4 is 17.6 Å². The Labute approximate surface area is 113 Å². The highest BCUT2D eigenvalue weighted by molar-refractivity contribution is 7.99. The number of hydrogen-bond acceptors (Lipinski definition) is 3. The fraction of sp³-hybridized carbons (Fsp3) is 0.643. The van der Waals surface area contributed by atoms with Gasteiger partial charge in [0.05, 0.1) is 5.56 Å². The lowest BCUT2D eigenvalue weighted by atomic mass is 9.94. The molecule has 0 bridgehead atoms. The lowest BCUT2D eigenvalue weighted by Gasteiger charge is -2.30. The average molecular weight is 263 g/mol. The van der Waals surface area contributed by atoms with E-state index in [1.54, 1.807) is 0 Å². The monoisotopic (exact) mass is 263 g/mol. The number of nitrogen functional groups attached to an aromatic ring is 1. The van der Waals surface area contributed by atoms with Gasteiger partial charge < -0.3 is 10.3 Å². The Kier molecular flexibility index (Phi) is 3.91. The van der Waals surface area contributed by atoms with E-state index in [0.29, 0.717) is 17.4 Å². The maximum Gasteiger partial charge on any atom is 0.122 e. The second kappa shape index (κ2) is 5.27. The number of thioether (sulfide) groups is 1. The molecule has 0 aromatic carbocycles. The van der Waals surface area contributed by atoms with Crippen LogP contribution in [0.4, 0.5) is 5.82 Å². The van der Waals surface area contributed by atoms with E-state index >= 15 is 0 Å². The minimum absolute atomic E-state index is 0.481. The lowest BCUT2D eigenvalue weighted by molar-refractivity contribution is 0.359. The van der Waals surface area contributed by atoms with Gasteiger partial charge in [0.2, 0.25) is 0 Å². The molecule has 2 rings (SSSR count). The molecule has 1 aliphatic carbocycles. The fourth-order valence-corrected chi connectivity index (χ4v) is 3.75. The summed E-state index contributed by atoms with van der Waals surface area (Å²) < 4.78 is 2.20. The molecule has 4 heteroatoms. The topological polar surface area (TPSA) is 54.7 Å². The van der Waals surface area contributed by atoms with Gasteiger partial charge in [-0.05, 0) is 51.3 Å². The maximum atomic E-state index is 9.17. The predicted octanol–water partition coefficient (Wildman–Crippen LogP) is 3.41. The molecule has 98 valence electrons. The third-order valence-corrected chi connectivity index (χ3v) is 5.39. The third kappa shape index (κ3) is 2.12. The van der Waals surface area contributed by atoms with Gasteiger partial charge in [-0.2, -0.15) is 17.0 Å². The summed E-state index contributed by atoms with van der Waals surface area (Å²) in [5.41, 5.74) is 9.02. The van der Waals surface area contributed by atoms with Gasteiger partial charge in [-0.3, -0.25) is 0 Å². The first-order chi connectivity index (χ1) is 8.60. The van der Waals surface area contributed by atoms with Crippen molar-refractivity contribution in [1.29, 1.82) is 5.26 Å². The molecule has 0 aliphatic heterocycles. The van der Waals surface area contributed by atoms with Crippen molar-refractivity contribution in [1.82, 2.24) is 4.57 Å². The summed E-state index contributed by atoms with van der Waals surface area (Å²) in [6.07, 6.45) is 7.05. The number of nitriles is 1. The van der Waals surface area contributed by atoms with E-state index in [2.05, 4.69) is 23.8 Å². The van der Waals surface area contributed by atoms with Crippen molar-refractivity contribution in [3.63, 3.8) is 0 Å². The van der Waals surface area contributed by atoms with Crippen molar-refractivity contribution in [2.75, 3.05) is 12.0 Å². The second-order valence-electron chi connectivity index (χ2n) is 5.12. The fourth-order valence-electron chi connectivity index (χ4n) is 3.01. The first-order valence-electron chi connectivity index (χ1n) is 6.49. The van der Waals surface area contributed by atoms with Gasteiger partial charge in [-0.1, -0.05) is 0 Å². The average Bonchev–Trinajstić information content (AvgIpc) is 2.60. The molecule has 0 amide bonds. The molecule has 2 N–H and O–H groups in total. The van der Waals surface area contributed by atoms with Crippen LogP contribution >= 0.6 is 11.8 Å². The van der Waals surface area contributed by atoms with Crippen LogP contribution in [0.1, 0.15) is 48.5 Å². The second-order valence-corrected chi connectivity index (χ2v) is 6.26. The molecule has 0 atom stereocenters. The van der Waals surface area contributed by atoms with E-state index in [-0.39, 0.29) is 0 Å². The van der Waals surface area contributed by atoms with E-state index in [1.165, 1.54) is 25.7 Å². The van der Waals surface area contributed by atoms with Crippen molar-refractivity contribution in [3.05, 3.63) is 16.8 Å². The van der Waals surface area contributed by atoms with E-state index in [0.717, 1.165) is 16.5 Å². The molecule has 1 aromatic heterocycles. The molecule has 0 unspecified atom stereocenters. The Balaban J connectivity index is 2.28. The highest BCUT2D eigenvalue weighted by Gasteiger charge is 2.26. The minimum atomic E-state index is 0.481. The summed E-state index contributed by atoms with van der Waals surface area (Å²) in [5, 5.41) is 9.97. The van der Waals surface area contributed by atoms with E-state index < -0.39 is 0 Å². The SMILES string of the molecule is CSC1CCC(n2c(C)c(C)c(C#N)c2N)CC1. The van der Waals surface area contributed by atoms with Gasteiger partial charge in [0.1, 0.15) is 11.9 Å². The number of aromatic nitrogens is 1. The zero-order valence-corrected chi connectivity index (χ0v) is 12.2. The van der Waals surface area contributed by atoms with Gasteiger partial charge in [0, 0.05) is 17.0 Å². The molecule has 1 saturated carbocycles. The first-order valence-corrected chi connectivity index (χ1v) is 7.78. The largest absolute Gasteiger partial charge is 0.384 e.